The molecule has 1 aromatic carbocycles. The average Bonchev–Trinajstić information content (AvgIpc) is 2.15. The lowest BCUT2D eigenvalue weighted by molar-refractivity contribution is 0.184. The van der Waals surface area contributed by atoms with E-state index >= 15 is 0 Å². The Morgan fingerprint density at radius 1 is 1.38 bits per heavy atom. The molecule has 0 aromatic heterocycles. The lowest BCUT2D eigenvalue weighted by Crippen LogP contribution is -1.87. The van der Waals surface area contributed by atoms with Gasteiger partial charge >= 0.3 is 0 Å². The molecule has 1 N–H and O–H groups in total. The summed E-state index contributed by atoms with van der Waals surface area (Å²) in [5, 5.41) is 8.90. The van der Waals surface area contributed by atoms with E-state index in [1.54, 1.807) is 13.2 Å². The monoisotopic (exact) mass is 186 g/mol. The van der Waals surface area contributed by atoms with Crippen LogP contribution in [0.25, 0.3) is 0 Å². The van der Waals surface area contributed by atoms with Crippen molar-refractivity contribution in [3.8, 4) is 5.75 Å². The van der Waals surface area contributed by atoms with Crippen LogP contribution in [0.3, 0.4) is 0 Å². The number of methoxy groups -OCH3 is 1. The second kappa shape index (κ2) is 6.43. The molecule has 0 heterocycles. The maximum atomic E-state index is 12.4. The third-order valence-electron chi connectivity index (χ3n) is 1.32. The molecule has 0 amide bonds. The first kappa shape index (κ1) is 11.9. The fourth-order valence-electron chi connectivity index (χ4n) is 0.815. The van der Waals surface area contributed by atoms with E-state index in [4.69, 9.17) is 9.84 Å². The average molecular weight is 186 g/mol. The Bertz CT molecular complexity index is 249. The Morgan fingerprint density at radius 2 is 2.00 bits per heavy atom. The third kappa shape index (κ3) is 3.90. The molecule has 0 radical (unpaired) electrons. The van der Waals surface area contributed by atoms with Gasteiger partial charge in [0, 0.05) is 7.11 Å². The molecule has 1 rings (SSSR count). The zero-order valence-electron chi connectivity index (χ0n) is 8.17. The molecule has 74 valence electrons. The fourth-order valence-corrected chi connectivity index (χ4v) is 0.815. The topological polar surface area (TPSA) is 29.5 Å². The summed E-state index contributed by atoms with van der Waals surface area (Å²) in [5.74, 6) is -0.940. The Hall–Kier alpha value is -1.09. The summed E-state index contributed by atoms with van der Waals surface area (Å²) in [6.07, 6.45) is 0. The molecule has 0 aliphatic heterocycles. The molecule has 3 heteroatoms. The number of hydrogen-bond donors (Lipinski definition) is 1. The first-order valence-electron chi connectivity index (χ1n) is 4.20. The lowest BCUT2D eigenvalue weighted by atomic mass is 10.2. The molecule has 0 aliphatic rings. The minimum Gasteiger partial charge on any atom is -0.505 e. The van der Waals surface area contributed by atoms with Crippen molar-refractivity contribution in [2.75, 3.05) is 7.11 Å². The molecular weight excluding hydrogens is 171 g/mol. The summed E-state index contributed by atoms with van der Waals surface area (Å²) in [7, 11) is 1.54. The highest BCUT2D eigenvalue weighted by Gasteiger charge is 1.99. The van der Waals surface area contributed by atoms with E-state index in [9.17, 15) is 4.39 Å². The van der Waals surface area contributed by atoms with Gasteiger partial charge in [-0.1, -0.05) is 19.9 Å². The minimum atomic E-state index is -0.607. The minimum absolute atomic E-state index is 0.334. The highest BCUT2D eigenvalue weighted by molar-refractivity contribution is 5.28. The van der Waals surface area contributed by atoms with Crippen molar-refractivity contribution in [2.24, 2.45) is 0 Å². The smallest absolute Gasteiger partial charge is 0.164 e. The summed E-state index contributed by atoms with van der Waals surface area (Å²) < 4.78 is 17.2. The van der Waals surface area contributed by atoms with E-state index < -0.39 is 5.82 Å². The van der Waals surface area contributed by atoms with Crippen LogP contribution in [0.15, 0.2) is 18.2 Å². The molecule has 2 nitrogen and oxygen atoms in total. The van der Waals surface area contributed by atoms with Crippen LogP contribution in [0.5, 0.6) is 5.75 Å². The number of hydrogen-bond acceptors (Lipinski definition) is 2. The van der Waals surface area contributed by atoms with Gasteiger partial charge in [0.2, 0.25) is 0 Å². The molecule has 0 bridgehead atoms. The van der Waals surface area contributed by atoms with Gasteiger partial charge in [-0.05, 0) is 17.7 Å². The van der Waals surface area contributed by atoms with Gasteiger partial charge in [0.15, 0.2) is 11.6 Å². The maximum Gasteiger partial charge on any atom is 0.164 e. The Labute approximate surface area is 78.0 Å². The van der Waals surface area contributed by atoms with Crippen molar-refractivity contribution in [3.63, 3.8) is 0 Å². The number of aromatic hydroxyl groups is 1. The summed E-state index contributed by atoms with van der Waals surface area (Å²) in [6.45, 7) is 4.38. The second-order valence-corrected chi connectivity index (χ2v) is 2.22. The Kier molecular flexibility index (Phi) is 5.89. The highest BCUT2D eigenvalue weighted by atomic mass is 19.1. The van der Waals surface area contributed by atoms with E-state index in [2.05, 4.69) is 0 Å². The standard InChI is InChI=1S/C8H9FO2.C2H6/c1-11-5-6-2-3-7(9)8(10)4-6;1-2/h2-4,10H,5H2,1H3;1-2H3. The summed E-state index contributed by atoms with van der Waals surface area (Å²) in [4.78, 5) is 0. The number of ether oxygens (including phenoxy) is 1. The highest BCUT2D eigenvalue weighted by Crippen LogP contribution is 2.16. The van der Waals surface area contributed by atoms with Crippen molar-refractivity contribution in [3.05, 3.63) is 29.6 Å². The largest absolute Gasteiger partial charge is 0.505 e. The lowest BCUT2D eigenvalue weighted by Gasteiger charge is -2.00. The van der Waals surface area contributed by atoms with Crippen LogP contribution in [0.2, 0.25) is 0 Å². The third-order valence-corrected chi connectivity index (χ3v) is 1.32. The Morgan fingerprint density at radius 3 is 2.46 bits per heavy atom. The quantitative estimate of drug-likeness (QED) is 0.769. The molecule has 13 heavy (non-hydrogen) atoms. The van der Waals surface area contributed by atoms with Gasteiger partial charge in [-0.3, -0.25) is 0 Å². The van der Waals surface area contributed by atoms with Crippen molar-refractivity contribution in [2.45, 2.75) is 20.5 Å². The molecule has 0 atom stereocenters. The van der Waals surface area contributed by atoms with Crippen LogP contribution < -0.4 is 0 Å². The van der Waals surface area contributed by atoms with E-state index in [1.165, 1.54) is 12.1 Å². The van der Waals surface area contributed by atoms with E-state index in [0.29, 0.717) is 6.61 Å². The molecule has 0 spiro atoms. The van der Waals surface area contributed by atoms with E-state index in [0.717, 1.165) is 5.56 Å². The number of rotatable bonds is 2. The summed E-state index contributed by atoms with van der Waals surface area (Å²) >= 11 is 0. The zero-order valence-corrected chi connectivity index (χ0v) is 8.17. The van der Waals surface area contributed by atoms with Gasteiger partial charge in [-0.15, -0.1) is 0 Å². The van der Waals surface area contributed by atoms with Crippen LogP contribution in [0.4, 0.5) is 4.39 Å². The molecular formula is C10H15FO2. The van der Waals surface area contributed by atoms with Crippen molar-refractivity contribution >= 4 is 0 Å². The molecule has 0 saturated carbocycles. The second-order valence-electron chi connectivity index (χ2n) is 2.22. The van der Waals surface area contributed by atoms with Crippen molar-refractivity contribution < 1.29 is 14.2 Å². The SMILES string of the molecule is CC.COCc1ccc(F)c(O)c1. The van der Waals surface area contributed by atoms with Gasteiger partial charge in [-0.25, -0.2) is 4.39 Å². The summed E-state index contributed by atoms with van der Waals surface area (Å²) in [5.41, 5.74) is 0.756. The van der Waals surface area contributed by atoms with Crippen LogP contribution in [0.1, 0.15) is 19.4 Å². The molecule has 1 aromatic rings. The normalized spacial score (nSPS) is 8.92. The van der Waals surface area contributed by atoms with Crippen LogP contribution >= 0.6 is 0 Å². The van der Waals surface area contributed by atoms with Gasteiger partial charge in [0.05, 0.1) is 6.61 Å². The first-order chi connectivity index (χ1) is 6.24. The molecule has 0 unspecified atom stereocenters. The predicted octanol–water partition coefficient (Wildman–Crippen LogP) is 2.70. The first-order valence-corrected chi connectivity index (χ1v) is 4.20. The molecule has 0 fully saturated rings. The van der Waals surface area contributed by atoms with Crippen molar-refractivity contribution in [1.82, 2.24) is 0 Å². The maximum absolute atomic E-state index is 12.4. The van der Waals surface area contributed by atoms with Crippen LogP contribution in [-0.4, -0.2) is 12.2 Å². The van der Waals surface area contributed by atoms with Gasteiger partial charge in [-0.2, -0.15) is 0 Å². The number of benzene rings is 1. The predicted molar refractivity (Wildman–Crippen MR) is 50.1 cm³/mol. The van der Waals surface area contributed by atoms with Crippen LogP contribution in [0, 0.1) is 5.82 Å². The van der Waals surface area contributed by atoms with Gasteiger partial charge in [0.1, 0.15) is 0 Å². The van der Waals surface area contributed by atoms with Gasteiger partial charge in [0.25, 0.3) is 0 Å². The van der Waals surface area contributed by atoms with Gasteiger partial charge < -0.3 is 9.84 Å². The summed E-state index contributed by atoms with van der Waals surface area (Å²) in [6, 6.07) is 4.13. The van der Waals surface area contributed by atoms with E-state index in [1.807, 2.05) is 13.8 Å². The zero-order chi connectivity index (χ0) is 10.3. The van der Waals surface area contributed by atoms with Crippen LogP contribution in [-0.2, 0) is 11.3 Å². The molecule has 0 aliphatic carbocycles. The number of phenols is 1. The fraction of sp³-hybridized carbons (Fsp3) is 0.400. The molecule has 0 saturated heterocycles. The van der Waals surface area contributed by atoms with Crippen molar-refractivity contribution in [1.29, 1.82) is 0 Å². The number of phenolic OH excluding ortho intramolecular Hbond substituents is 1. The van der Waals surface area contributed by atoms with E-state index in [-0.39, 0.29) is 5.75 Å². The Balaban J connectivity index is 0.000000671. The number of halogens is 1.